The summed E-state index contributed by atoms with van der Waals surface area (Å²) in [5.74, 6) is -0.356. The molecule has 0 spiro atoms. The van der Waals surface area contributed by atoms with E-state index < -0.39 is 49.4 Å². The third-order valence-electron chi connectivity index (χ3n) is 9.78. The second kappa shape index (κ2) is 13.5. The van der Waals surface area contributed by atoms with Crippen LogP contribution in [0.5, 0.6) is 0 Å². The maximum atomic E-state index is 12.7. The number of rotatable bonds is 10. The van der Waals surface area contributed by atoms with Crippen LogP contribution >= 0.6 is 11.8 Å². The van der Waals surface area contributed by atoms with Crippen molar-refractivity contribution in [2.24, 2.45) is 0 Å². The van der Waals surface area contributed by atoms with Gasteiger partial charge in [0, 0.05) is 11.8 Å². The minimum absolute atomic E-state index is 0.0296. The third kappa shape index (κ3) is 9.52. The van der Waals surface area contributed by atoms with Crippen molar-refractivity contribution in [3.63, 3.8) is 0 Å². The Morgan fingerprint density at radius 3 is 1.62 bits per heavy atom. The fourth-order valence-corrected chi connectivity index (χ4v) is 8.71. The van der Waals surface area contributed by atoms with Crippen molar-refractivity contribution in [1.29, 1.82) is 0 Å². The van der Waals surface area contributed by atoms with Crippen LogP contribution < -0.4 is 0 Å². The lowest BCUT2D eigenvalue weighted by atomic mass is 10.00. The summed E-state index contributed by atoms with van der Waals surface area (Å²) in [4.78, 5) is 13.7. The van der Waals surface area contributed by atoms with Crippen LogP contribution in [0.15, 0.2) is 35.2 Å². The molecule has 42 heavy (non-hydrogen) atoms. The quantitative estimate of drug-likeness (QED) is 0.184. The molecular formula is C32H60O6SSi3. The van der Waals surface area contributed by atoms with Crippen molar-refractivity contribution in [3.8, 4) is 0 Å². The lowest BCUT2D eigenvalue weighted by Crippen LogP contribution is -2.66. The molecular weight excluding hydrogens is 597 g/mol. The van der Waals surface area contributed by atoms with Gasteiger partial charge in [0.1, 0.15) is 23.7 Å². The van der Waals surface area contributed by atoms with E-state index in [1.54, 1.807) is 11.8 Å². The first-order valence-corrected chi connectivity index (χ1v) is 24.9. The molecule has 5 atom stereocenters. The van der Waals surface area contributed by atoms with Gasteiger partial charge in [-0.1, -0.05) is 92.3 Å². The lowest BCUT2D eigenvalue weighted by Gasteiger charge is -2.52. The van der Waals surface area contributed by atoms with Gasteiger partial charge in [-0.2, -0.15) is 0 Å². The fraction of sp³-hybridized carbons (Fsp3) is 0.781. The van der Waals surface area contributed by atoms with Crippen LogP contribution in [0.3, 0.4) is 0 Å². The Morgan fingerprint density at radius 1 is 0.738 bits per heavy atom. The molecule has 0 aromatic heterocycles. The molecule has 0 N–H and O–H groups in total. The van der Waals surface area contributed by atoms with Gasteiger partial charge in [0.25, 0.3) is 0 Å². The third-order valence-corrected chi connectivity index (χ3v) is 24.4. The zero-order valence-corrected chi connectivity index (χ0v) is 33.2. The van der Waals surface area contributed by atoms with E-state index in [-0.39, 0.29) is 26.5 Å². The maximum Gasteiger partial charge on any atom is 0.303 e. The molecule has 1 aliphatic rings. The van der Waals surface area contributed by atoms with E-state index in [0.29, 0.717) is 6.61 Å². The molecule has 10 heteroatoms. The van der Waals surface area contributed by atoms with Crippen LogP contribution in [0.2, 0.25) is 54.4 Å². The highest BCUT2D eigenvalue weighted by atomic mass is 32.2. The molecule has 1 aliphatic heterocycles. The van der Waals surface area contributed by atoms with Crippen molar-refractivity contribution in [2.75, 3.05) is 6.61 Å². The van der Waals surface area contributed by atoms with E-state index in [2.05, 4.69) is 114 Å². The predicted molar refractivity (Wildman–Crippen MR) is 184 cm³/mol. The van der Waals surface area contributed by atoms with E-state index in [9.17, 15) is 4.79 Å². The number of benzene rings is 1. The van der Waals surface area contributed by atoms with Crippen LogP contribution in [0.25, 0.3) is 0 Å². The smallest absolute Gasteiger partial charge is 0.303 e. The Labute approximate surface area is 264 Å². The topological polar surface area (TPSA) is 63.2 Å². The summed E-state index contributed by atoms with van der Waals surface area (Å²) in [5.41, 5.74) is -0.379. The standard InChI is InChI=1S/C32H60O6SSi3/c1-23(33)35-26-25(22-34-40(11,12)30(2,3)4)36-29(39-24-20-18-17-19-21-24)28(38-42(15,16)32(8,9)10)27(26)37-41(13,14)31(5,6)7/h17-21,25-29H,22H2,1-16H3/t25-,26-,27+,28-,29?/m1/s1. The van der Waals surface area contributed by atoms with E-state index in [4.69, 9.17) is 22.8 Å². The molecule has 242 valence electrons. The van der Waals surface area contributed by atoms with Crippen molar-refractivity contribution >= 4 is 42.7 Å². The number of carbonyl (C=O) groups excluding carboxylic acids is 1. The van der Waals surface area contributed by atoms with E-state index in [1.165, 1.54) is 6.92 Å². The first-order chi connectivity index (χ1) is 18.8. The normalized spacial score (nSPS) is 24.9. The summed E-state index contributed by atoms with van der Waals surface area (Å²) in [7, 11) is -6.76. The van der Waals surface area contributed by atoms with E-state index in [1.807, 2.05) is 18.2 Å². The van der Waals surface area contributed by atoms with Gasteiger partial charge in [-0.05, 0) is 66.5 Å². The summed E-state index contributed by atoms with van der Waals surface area (Å²) in [6, 6.07) is 10.3. The SMILES string of the molecule is CC(=O)O[C@H]1[C@H](O[Si](C)(C)C(C)(C)C)[C@@H](O[Si](C)(C)C(C)(C)C)C(Sc2ccccc2)O[C@@H]1CO[Si](C)(C)C(C)(C)C. The molecule has 1 saturated heterocycles. The van der Waals surface area contributed by atoms with Crippen LogP contribution in [0, 0.1) is 0 Å². The van der Waals surface area contributed by atoms with Crippen LogP contribution in [-0.4, -0.2) is 67.4 Å². The number of hydrogen-bond donors (Lipinski definition) is 0. The van der Waals surface area contributed by atoms with Gasteiger partial charge in [-0.25, -0.2) is 0 Å². The van der Waals surface area contributed by atoms with Gasteiger partial charge in [-0.3, -0.25) is 4.79 Å². The monoisotopic (exact) mass is 656 g/mol. The van der Waals surface area contributed by atoms with Crippen molar-refractivity contribution in [1.82, 2.24) is 0 Å². The maximum absolute atomic E-state index is 12.7. The summed E-state index contributed by atoms with van der Waals surface area (Å²) >= 11 is 1.65. The van der Waals surface area contributed by atoms with Crippen molar-refractivity contribution in [3.05, 3.63) is 30.3 Å². The second-order valence-corrected chi connectivity index (χ2v) is 31.8. The Morgan fingerprint density at radius 2 is 1.19 bits per heavy atom. The number of ether oxygens (including phenoxy) is 2. The number of hydrogen-bond acceptors (Lipinski definition) is 7. The van der Waals surface area contributed by atoms with Crippen LogP contribution in [0.4, 0.5) is 0 Å². The van der Waals surface area contributed by atoms with E-state index >= 15 is 0 Å². The highest BCUT2D eigenvalue weighted by molar-refractivity contribution is 7.99. The molecule has 1 aromatic rings. The number of thioether (sulfide) groups is 1. The molecule has 0 saturated carbocycles. The van der Waals surface area contributed by atoms with Gasteiger partial charge in [-0.15, -0.1) is 0 Å². The number of carbonyl (C=O) groups is 1. The average molecular weight is 657 g/mol. The lowest BCUT2D eigenvalue weighted by molar-refractivity contribution is -0.213. The molecule has 0 amide bonds. The zero-order valence-electron chi connectivity index (χ0n) is 29.3. The zero-order chi connectivity index (χ0) is 32.5. The molecule has 6 nitrogen and oxygen atoms in total. The summed E-state index contributed by atoms with van der Waals surface area (Å²) < 4.78 is 34.3. The number of esters is 1. The minimum atomic E-state index is -2.34. The Hall–Kier alpha value is -0.469. The molecule has 2 rings (SSSR count). The molecule has 1 aromatic carbocycles. The van der Waals surface area contributed by atoms with Crippen LogP contribution in [-0.2, 0) is 27.5 Å². The first kappa shape index (κ1) is 37.7. The summed E-state index contributed by atoms with van der Waals surface area (Å²) in [5, 5.41) is -0.0552. The van der Waals surface area contributed by atoms with Crippen molar-refractivity contribution in [2.45, 2.75) is 158 Å². The second-order valence-electron chi connectivity index (χ2n) is 16.3. The van der Waals surface area contributed by atoms with E-state index in [0.717, 1.165) is 4.90 Å². The first-order valence-electron chi connectivity index (χ1n) is 15.3. The molecule has 0 bridgehead atoms. The summed E-state index contributed by atoms with van der Waals surface area (Å²) in [6.45, 7) is 35.4. The highest BCUT2D eigenvalue weighted by Gasteiger charge is 2.55. The van der Waals surface area contributed by atoms with Crippen molar-refractivity contribution < 1.29 is 27.5 Å². The molecule has 1 unspecified atom stereocenters. The van der Waals surface area contributed by atoms with Gasteiger partial charge < -0.3 is 22.8 Å². The molecule has 1 fully saturated rings. The molecule has 0 radical (unpaired) electrons. The Balaban J connectivity index is 2.71. The Bertz CT molecular complexity index is 1030. The van der Waals surface area contributed by atoms with Gasteiger partial charge in [0.15, 0.2) is 31.1 Å². The Kier molecular flexibility index (Phi) is 12.1. The molecule has 0 aliphatic carbocycles. The molecule has 1 heterocycles. The summed E-state index contributed by atoms with van der Waals surface area (Å²) in [6.07, 6.45) is -2.12. The van der Waals surface area contributed by atoms with Gasteiger partial charge >= 0.3 is 5.97 Å². The predicted octanol–water partition coefficient (Wildman–Crippen LogP) is 9.24. The highest BCUT2D eigenvalue weighted by Crippen LogP contribution is 2.46. The fourth-order valence-electron chi connectivity index (χ4n) is 3.87. The minimum Gasteiger partial charge on any atom is -0.457 e. The van der Waals surface area contributed by atoms with Gasteiger partial charge in [0.05, 0.1) is 6.61 Å². The largest absolute Gasteiger partial charge is 0.457 e. The van der Waals surface area contributed by atoms with Gasteiger partial charge in [0.2, 0.25) is 0 Å². The average Bonchev–Trinajstić information content (AvgIpc) is 2.79. The van der Waals surface area contributed by atoms with Crippen LogP contribution in [0.1, 0.15) is 69.2 Å².